The van der Waals surface area contributed by atoms with Gasteiger partial charge in [-0.3, -0.25) is 0 Å². The topological polar surface area (TPSA) is 29.9 Å². The van der Waals surface area contributed by atoms with E-state index < -0.39 is 0 Å². The highest BCUT2D eigenvalue weighted by molar-refractivity contribution is 7.10. The Labute approximate surface area is 121 Å². The molecule has 0 amide bonds. The third-order valence-electron chi connectivity index (χ3n) is 3.71. The first-order chi connectivity index (χ1) is 9.92. The largest absolute Gasteiger partial charge is 0.356 e. The minimum atomic E-state index is 0.413. The lowest BCUT2D eigenvalue weighted by atomic mass is 10.1. The zero-order valence-corrected chi connectivity index (χ0v) is 11.8. The SMILES string of the molecule is c1ccc(-c2cn3c(n2)NCCC3c2cccs2)cc1. The van der Waals surface area contributed by atoms with Gasteiger partial charge < -0.3 is 9.88 Å². The van der Waals surface area contributed by atoms with Gasteiger partial charge in [-0.25, -0.2) is 4.98 Å². The maximum atomic E-state index is 4.74. The lowest BCUT2D eigenvalue weighted by molar-refractivity contribution is 0.538. The predicted octanol–water partition coefficient (Wildman–Crippen LogP) is 4.02. The molecular weight excluding hydrogens is 266 g/mol. The highest BCUT2D eigenvalue weighted by Crippen LogP contribution is 2.34. The van der Waals surface area contributed by atoms with Crippen molar-refractivity contribution in [3.8, 4) is 11.3 Å². The molecule has 20 heavy (non-hydrogen) atoms. The number of anilines is 1. The summed E-state index contributed by atoms with van der Waals surface area (Å²) in [7, 11) is 0. The monoisotopic (exact) mass is 281 g/mol. The van der Waals surface area contributed by atoms with Crippen LogP contribution in [0.3, 0.4) is 0 Å². The first-order valence-corrected chi connectivity index (χ1v) is 7.71. The van der Waals surface area contributed by atoms with E-state index in [0.717, 1.165) is 24.6 Å². The van der Waals surface area contributed by atoms with Crippen molar-refractivity contribution in [3.05, 3.63) is 58.9 Å². The molecule has 1 unspecified atom stereocenters. The molecule has 4 rings (SSSR count). The summed E-state index contributed by atoms with van der Waals surface area (Å²) in [5, 5.41) is 5.55. The molecule has 0 saturated carbocycles. The van der Waals surface area contributed by atoms with Crippen molar-refractivity contribution < 1.29 is 0 Å². The number of imidazole rings is 1. The molecule has 2 aromatic heterocycles. The molecule has 0 spiro atoms. The number of benzene rings is 1. The van der Waals surface area contributed by atoms with E-state index in [1.54, 1.807) is 0 Å². The fourth-order valence-corrected chi connectivity index (χ4v) is 3.59. The normalized spacial score (nSPS) is 17.5. The summed E-state index contributed by atoms with van der Waals surface area (Å²) >= 11 is 1.82. The molecule has 3 aromatic rings. The summed E-state index contributed by atoms with van der Waals surface area (Å²) in [6, 6.07) is 15.1. The summed E-state index contributed by atoms with van der Waals surface area (Å²) in [4.78, 5) is 6.14. The van der Waals surface area contributed by atoms with Crippen LogP contribution in [0.15, 0.2) is 54.0 Å². The summed E-state index contributed by atoms with van der Waals surface area (Å²) in [5.74, 6) is 0.980. The van der Waals surface area contributed by atoms with Crippen LogP contribution in [0.5, 0.6) is 0 Å². The third kappa shape index (κ3) is 1.93. The van der Waals surface area contributed by atoms with Crippen LogP contribution in [0.2, 0.25) is 0 Å². The van der Waals surface area contributed by atoms with Gasteiger partial charge in [0.25, 0.3) is 0 Å². The van der Waals surface area contributed by atoms with Crippen LogP contribution in [0, 0.1) is 0 Å². The average molecular weight is 281 g/mol. The second-order valence-electron chi connectivity index (χ2n) is 4.97. The minimum Gasteiger partial charge on any atom is -0.356 e. The van der Waals surface area contributed by atoms with Gasteiger partial charge in [0.05, 0.1) is 11.7 Å². The van der Waals surface area contributed by atoms with Crippen LogP contribution in [0.4, 0.5) is 5.95 Å². The van der Waals surface area contributed by atoms with Crippen LogP contribution in [0.25, 0.3) is 11.3 Å². The Hall–Kier alpha value is -2.07. The van der Waals surface area contributed by atoms with Crippen LogP contribution in [-0.4, -0.2) is 16.1 Å². The lowest BCUT2D eigenvalue weighted by Crippen LogP contribution is -2.22. The Morgan fingerprint density at radius 3 is 2.85 bits per heavy atom. The van der Waals surface area contributed by atoms with Crippen molar-refractivity contribution in [1.82, 2.24) is 9.55 Å². The van der Waals surface area contributed by atoms with Crippen molar-refractivity contribution in [2.45, 2.75) is 12.5 Å². The Balaban J connectivity index is 1.78. The Morgan fingerprint density at radius 2 is 2.05 bits per heavy atom. The Morgan fingerprint density at radius 1 is 1.15 bits per heavy atom. The summed E-state index contributed by atoms with van der Waals surface area (Å²) in [5.41, 5.74) is 2.21. The lowest BCUT2D eigenvalue weighted by Gasteiger charge is -2.25. The molecule has 3 heterocycles. The Bertz CT molecular complexity index is 701. The molecule has 0 bridgehead atoms. The van der Waals surface area contributed by atoms with Crippen molar-refractivity contribution in [2.24, 2.45) is 0 Å². The van der Waals surface area contributed by atoms with E-state index in [2.05, 4.69) is 57.9 Å². The fraction of sp³-hybridized carbons (Fsp3) is 0.188. The maximum Gasteiger partial charge on any atom is 0.204 e. The van der Waals surface area contributed by atoms with Gasteiger partial charge in [-0.1, -0.05) is 36.4 Å². The van der Waals surface area contributed by atoms with Crippen LogP contribution in [-0.2, 0) is 0 Å². The number of thiophene rings is 1. The molecule has 0 saturated heterocycles. The van der Waals surface area contributed by atoms with Crippen molar-refractivity contribution in [1.29, 1.82) is 0 Å². The summed E-state index contributed by atoms with van der Waals surface area (Å²) in [6.07, 6.45) is 3.28. The van der Waals surface area contributed by atoms with Gasteiger partial charge >= 0.3 is 0 Å². The molecule has 1 N–H and O–H groups in total. The van der Waals surface area contributed by atoms with E-state index in [4.69, 9.17) is 4.98 Å². The van der Waals surface area contributed by atoms with E-state index in [-0.39, 0.29) is 0 Å². The molecule has 4 heteroatoms. The number of hydrogen-bond acceptors (Lipinski definition) is 3. The second kappa shape index (κ2) is 4.80. The molecule has 3 nitrogen and oxygen atoms in total. The first kappa shape index (κ1) is 11.7. The Kier molecular flexibility index (Phi) is 2.81. The molecule has 1 aliphatic rings. The smallest absolute Gasteiger partial charge is 0.204 e. The van der Waals surface area contributed by atoms with Crippen LogP contribution < -0.4 is 5.32 Å². The van der Waals surface area contributed by atoms with Crippen molar-refractivity contribution in [3.63, 3.8) is 0 Å². The van der Waals surface area contributed by atoms with Crippen LogP contribution in [0.1, 0.15) is 17.3 Å². The number of nitrogens with one attached hydrogen (secondary N) is 1. The van der Waals surface area contributed by atoms with Crippen molar-refractivity contribution in [2.75, 3.05) is 11.9 Å². The number of nitrogens with zero attached hydrogens (tertiary/aromatic N) is 2. The molecule has 1 aliphatic heterocycles. The molecule has 0 fully saturated rings. The van der Waals surface area contributed by atoms with Gasteiger partial charge in [0, 0.05) is 23.2 Å². The first-order valence-electron chi connectivity index (χ1n) is 6.83. The van der Waals surface area contributed by atoms with Crippen molar-refractivity contribution >= 4 is 17.3 Å². The molecule has 1 atom stereocenters. The van der Waals surface area contributed by atoms with Gasteiger partial charge in [-0.05, 0) is 17.9 Å². The minimum absolute atomic E-state index is 0.413. The van der Waals surface area contributed by atoms with Gasteiger partial charge in [-0.15, -0.1) is 11.3 Å². The van der Waals surface area contributed by atoms with E-state index >= 15 is 0 Å². The average Bonchev–Trinajstić information content (AvgIpc) is 3.17. The van der Waals surface area contributed by atoms with Crippen LogP contribution >= 0.6 is 11.3 Å². The zero-order valence-electron chi connectivity index (χ0n) is 11.0. The zero-order chi connectivity index (χ0) is 13.4. The standard InChI is InChI=1S/C16H15N3S/c1-2-5-12(6-3-1)13-11-19-14(15-7-4-10-20-15)8-9-17-16(19)18-13/h1-7,10-11,14H,8-9H2,(H,17,18). The maximum absolute atomic E-state index is 4.74. The molecule has 0 radical (unpaired) electrons. The van der Waals surface area contributed by atoms with E-state index in [9.17, 15) is 0 Å². The van der Waals surface area contributed by atoms with E-state index in [1.165, 1.54) is 10.4 Å². The molecule has 1 aromatic carbocycles. The summed E-state index contributed by atoms with van der Waals surface area (Å²) in [6.45, 7) is 0.980. The third-order valence-corrected chi connectivity index (χ3v) is 4.68. The number of hydrogen-bond donors (Lipinski definition) is 1. The quantitative estimate of drug-likeness (QED) is 0.769. The number of rotatable bonds is 2. The molecule has 0 aliphatic carbocycles. The molecule has 100 valence electrons. The predicted molar refractivity (Wildman–Crippen MR) is 83.2 cm³/mol. The number of aromatic nitrogens is 2. The van der Waals surface area contributed by atoms with Gasteiger partial charge in [0.1, 0.15) is 0 Å². The van der Waals surface area contributed by atoms with E-state index in [1.807, 2.05) is 17.4 Å². The second-order valence-corrected chi connectivity index (χ2v) is 5.95. The summed E-state index contributed by atoms with van der Waals surface area (Å²) < 4.78 is 2.28. The highest BCUT2D eigenvalue weighted by atomic mass is 32.1. The van der Waals surface area contributed by atoms with E-state index in [0.29, 0.717) is 6.04 Å². The van der Waals surface area contributed by atoms with Gasteiger partial charge in [0.2, 0.25) is 5.95 Å². The van der Waals surface area contributed by atoms with Gasteiger partial charge in [0.15, 0.2) is 0 Å². The fourth-order valence-electron chi connectivity index (χ4n) is 2.73. The highest BCUT2D eigenvalue weighted by Gasteiger charge is 2.23. The van der Waals surface area contributed by atoms with Gasteiger partial charge in [-0.2, -0.15) is 0 Å². The molecular formula is C16H15N3S. The number of fused-ring (bicyclic) bond motifs is 1.